The highest BCUT2D eigenvalue weighted by molar-refractivity contribution is 5.96. The van der Waals surface area contributed by atoms with Gasteiger partial charge in [-0.05, 0) is 12.1 Å². The third-order valence-corrected chi connectivity index (χ3v) is 3.33. The molecule has 0 aromatic heterocycles. The quantitative estimate of drug-likeness (QED) is 0.619. The van der Waals surface area contributed by atoms with Crippen molar-refractivity contribution in [2.45, 2.75) is 12.3 Å². The number of hydrogen-bond acceptors (Lipinski definition) is 3. The molecule has 0 radical (unpaired) electrons. The largest absolute Gasteiger partial charge is 0.352 e. The third kappa shape index (κ3) is 2.87. The van der Waals surface area contributed by atoms with E-state index in [0.29, 0.717) is 5.69 Å². The minimum Gasteiger partial charge on any atom is -0.352 e. The van der Waals surface area contributed by atoms with Crippen LogP contribution < -0.4 is 26.6 Å². The van der Waals surface area contributed by atoms with E-state index in [4.69, 9.17) is 5.73 Å². The smallest absolute Gasteiger partial charge is 0.327 e. The number of nitrogens with one attached hydrogen (secondary N) is 3. The van der Waals surface area contributed by atoms with Crippen LogP contribution in [0.5, 0.6) is 0 Å². The molecule has 0 unspecified atom stereocenters. The van der Waals surface area contributed by atoms with E-state index in [9.17, 15) is 14.4 Å². The molecule has 22 heavy (non-hydrogen) atoms. The summed E-state index contributed by atoms with van der Waals surface area (Å²) < 4.78 is 0. The van der Waals surface area contributed by atoms with Gasteiger partial charge in [0.15, 0.2) is 6.17 Å². The first kappa shape index (κ1) is 15.4. The second-order valence-corrected chi connectivity index (χ2v) is 4.72. The van der Waals surface area contributed by atoms with E-state index in [1.54, 1.807) is 24.3 Å². The number of hydrogen-bond donors (Lipinski definition) is 4. The molecule has 0 saturated carbocycles. The summed E-state index contributed by atoms with van der Waals surface area (Å²) in [7, 11) is 2.98. The summed E-state index contributed by atoms with van der Waals surface area (Å²) in [5.41, 5.74) is 5.75. The number of primary amides is 1. The zero-order valence-electron chi connectivity index (χ0n) is 12.2. The Labute approximate surface area is 127 Å². The number of nitrogens with zero attached hydrogens (tertiary/aromatic N) is 2. The van der Waals surface area contributed by atoms with Gasteiger partial charge in [0.2, 0.25) is 0 Å². The number of carbonyl (C=O) groups excluding carboxylic acids is 3. The topological polar surface area (TPSA) is 120 Å². The Morgan fingerprint density at radius 3 is 2.32 bits per heavy atom. The maximum absolute atomic E-state index is 12.5. The zero-order valence-corrected chi connectivity index (χ0v) is 12.2. The normalized spacial score (nSPS) is 20.7. The van der Waals surface area contributed by atoms with Crippen molar-refractivity contribution in [1.82, 2.24) is 20.9 Å². The Morgan fingerprint density at radius 2 is 1.77 bits per heavy atom. The van der Waals surface area contributed by atoms with Gasteiger partial charge in [0.25, 0.3) is 0 Å². The van der Waals surface area contributed by atoms with Gasteiger partial charge in [0.1, 0.15) is 6.17 Å². The van der Waals surface area contributed by atoms with E-state index in [1.165, 1.54) is 23.9 Å². The molecule has 1 aliphatic heterocycles. The van der Waals surface area contributed by atoms with Gasteiger partial charge in [-0.2, -0.15) is 0 Å². The molecule has 1 saturated heterocycles. The van der Waals surface area contributed by atoms with Crippen molar-refractivity contribution in [2.24, 2.45) is 5.73 Å². The molecule has 1 fully saturated rings. The van der Waals surface area contributed by atoms with E-state index >= 15 is 0 Å². The molecule has 2 rings (SSSR count). The number of rotatable bonds is 3. The second-order valence-electron chi connectivity index (χ2n) is 4.72. The summed E-state index contributed by atoms with van der Waals surface area (Å²) in [4.78, 5) is 38.0. The van der Waals surface area contributed by atoms with Gasteiger partial charge in [-0.1, -0.05) is 18.2 Å². The number of amides is 6. The van der Waals surface area contributed by atoms with Crippen LogP contribution in [0.25, 0.3) is 0 Å². The van der Waals surface area contributed by atoms with Crippen LogP contribution in [0.3, 0.4) is 0 Å². The first-order valence-corrected chi connectivity index (χ1v) is 6.61. The highest BCUT2D eigenvalue weighted by Gasteiger charge is 2.46. The average Bonchev–Trinajstić information content (AvgIpc) is 2.72. The molecule has 1 heterocycles. The van der Waals surface area contributed by atoms with Crippen molar-refractivity contribution in [3.05, 3.63) is 30.3 Å². The molecule has 1 aliphatic rings. The molecule has 5 N–H and O–H groups in total. The number of anilines is 1. The highest BCUT2D eigenvalue weighted by Crippen LogP contribution is 2.25. The fourth-order valence-corrected chi connectivity index (χ4v) is 2.29. The van der Waals surface area contributed by atoms with Crippen LogP contribution in [0.15, 0.2) is 30.3 Å². The van der Waals surface area contributed by atoms with E-state index in [0.717, 1.165) is 0 Å². The molecular formula is C13H18N6O3. The number of nitrogens with two attached hydrogens (primary N) is 1. The lowest BCUT2D eigenvalue weighted by atomic mass is 10.2. The summed E-state index contributed by atoms with van der Waals surface area (Å²) in [5, 5.41) is 7.51. The van der Waals surface area contributed by atoms with Gasteiger partial charge in [-0.25, -0.2) is 14.4 Å². The van der Waals surface area contributed by atoms with E-state index < -0.39 is 24.4 Å². The van der Waals surface area contributed by atoms with Gasteiger partial charge in [0, 0.05) is 19.8 Å². The Hall–Kier alpha value is -2.97. The van der Waals surface area contributed by atoms with Crippen LogP contribution >= 0.6 is 0 Å². The standard InChI is InChI=1S/C13H18N6O3/c1-15-12(21)17-10-9(16-11(14)20)18(2)13(22)19(10)8-6-4-3-5-7-8/h3-7,9-10H,1-2H3,(H3,14,16,20)(H2,15,17,21)/t9-,10+/m1/s1. The molecule has 6 amide bonds. The Morgan fingerprint density at radius 1 is 1.14 bits per heavy atom. The first-order chi connectivity index (χ1) is 10.5. The van der Waals surface area contributed by atoms with E-state index in [2.05, 4.69) is 16.0 Å². The highest BCUT2D eigenvalue weighted by atomic mass is 16.2. The fraction of sp³-hybridized carbons (Fsp3) is 0.308. The van der Waals surface area contributed by atoms with Crippen molar-refractivity contribution >= 4 is 23.8 Å². The Balaban J connectivity index is 2.38. The molecule has 9 nitrogen and oxygen atoms in total. The predicted octanol–water partition coefficient (Wildman–Crippen LogP) is -0.192. The van der Waals surface area contributed by atoms with Crippen molar-refractivity contribution in [3.8, 4) is 0 Å². The van der Waals surface area contributed by atoms with Crippen LogP contribution in [-0.4, -0.2) is 49.4 Å². The molecular weight excluding hydrogens is 288 g/mol. The summed E-state index contributed by atoms with van der Waals surface area (Å²) >= 11 is 0. The van der Waals surface area contributed by atoms with Crippen LogP contribution in [0.2, 0.25) is 0 Å². The predicted molar refractivity (Wildman–Crippen MR) is 80.0 cm³/mol. The zero-order chi connectivity index (χ0) is 16.3. The lowest BCUT2D eigenvalue weighted by Gasteiger charge is -2.27. The molecule has 1 aromatic carbocycles. The van der Waals surface area contributed by atoms with Gasteiger partial charge in [-0.15, -0.1) is 0 Å². The molecule has 118 valence electrons. The lowest BCUT2D eigenvalue weighted by molar-refractivity contribution is 0.198. The van der Waals surface area contributed by atoms with Crippen LogP contribution in [0.4, 0.5) is 20.1 Å². The van der Waals surface area contributed by atoms with Gasteiger partial charge in [0.05, 0.1) is 0 Å². The van der Waals surface area contributed by atoms with Crippen LogP contribution in [0.1, 0.15) is 0 Å². The summed E-state index contributed by atoms with van der Waals surface area (Å²) in [6.45, 7) is 0. The molecule has 9 heteroatoms. The Bertz CT molecular complexity index is 578. The minimum atomic E-state index is -0.799. The van der Waals surface area contributed by atoms with Crippen molar-refractivity contribution in [2.75, 3.05) is 19.0 Å². The van der Waals surface area contributed by atoms with Crippen LogP contribution in [0, 0.1) is 0 Å². The van der Waals surface area contributed by atoms with Crippen molar-refractivity contribution in [1.29, 1.82) is 0 Å². The van der Waals surface area contributed by atoms with Gasteiger partial charge < -0.3 is 26.6 Å². The summed E-state index contributed by atoms with van der Waals surface area (Å²) in [6, 6.07) is 7.19. The van der Waals surface area contributed by atoms with Crippen molar-refractivity contribution < 1.29 is 14.4 Å². The first-order valence-electron chi connectivity index (χ1n) is 6.61. The molecule has 0 spiro atoms. The number of benzene rings is 1. The maximum atomic E-state index is 12.5. The molecule has 0 bridgehead atoms. The molecule has 2 atom stereocenters. The monoisotopic (exact) mass is 306 g/mol. The fourth-order valence-electron chi connectivity index (χ4n) is 2.29. The SMILES string of the molecule is CNC(=O)N[C@@H]1[C@H](NC(N)=O)N(C)C(=O)N1c1ccccc1. The summed E-state index contributed by atoms with van der Waals surface area (Å²) in [6.07, 6.45) is -1.59. The van der Waals surface area contributed by atoms with E-state index in [1.807, 2.05) is 6.07 Å². The minimum absolute atomic E-state index is 0.369. The number of urea groups is 3. The average molecular weight is 306 g/mol. The molecule has 1 aromatic rings. The van der Waals surface area contributed by atoms with Crippen LogP contribution in [-0.2, 0) is 0 Å². The van der Waals surface area contributed by atoms with Crippen molar-refractivity contribution in [3.63, 3.8) is 0 Å². The summed E-state index contributed by atoms with van der Waals surface area (Å²) in [5.74, 6) is 0. The molecule has 0 aliphatic carbocycles. The third-order valence-electron chi connectivity index (χ3n) is 3.33. The Kier molecular flexibility index (Phi) is 4.35. The number of para-hydroxylation sites is 1. The second kappa shape index (κ2) is 6.20. The van der Waals surface area contributed by atoms with E-state index in [-0.39, 0.29) is 6.03 Å². The number of likely N-dealkylation sites (N-methyl/N-ethyl adjacent to an activating group) is 1. The number of carbonyl (C=O) groups is 3. The lowest BCUT2D eigenvalue weighted by Crippen LogP contribution is -2.59. The van der Waals surface area contributed by atoms with Gasteiger partial charge in [-0.3, -0.25) is 4.90 Å². The maximum Gasteiger partial charge on any atom is 0.327 e. The van der Waals surface area contributed by atoms with Gasteiger partial charge >= 0.3 is 18.1 Å².